The van der Waals surface area contributed by atoms with E-state index in [0.29, 0.717) is 0 Å². The molecule has 2 heterocycles. The molecule has 0 spiro atoms. The first-order chi connectivity index (χ1) is 12.8. The third kappa shape index (κ3) is 4.77. The molecule has 0 aliphatic carbocycles. The number of hydrogen-bond acceptors (Lipinski definition) is 6. The highest BCUT2D eigenvalue weighted by atomic mass is 32.1. The van der Waals surface area contributed by atoms with Crippen LogP contribution in [0, 0.1) is 0 Å². The smallest absolute Gasteiger partial charge is 0.142 e. The molecule has 0 atom stereocenters. The van der Waals surface area contributed by atoms with Crippen LogP contribution in [0.15, 0.2) is 46.9 Å². The Labute approximate surface area is 159 Å². The Morgan fingerprint density at radius 1 is 1.08 bits per heavy atom. The summed E-state index contributed by atoms with van der Waals surface area (Å²) in [5.41, 5.74) is 2.25. The van der Waals surface area contributed by atoms with E-state index in [1.54, 1.807) is 25.6 Å². The van der Waals surface area contributed by atoms with Crippen LogP contribution in [-0.2, 0) is 4.84 Å². The number of nitrogens with zero attached hydrogens (tertiary/aromatic N) is 3. The molecule has 0 radical (unpaired) electrons. The van der Waals surface area contributed by atoms with Crippen molar-refractivity contribution in [2.24, 2.45) is 5.16 Å². The molecule has 5 nitrogen and oxygen atoms in total. The van der Waals surface area contributed by atoms with Gasteiger partial charge in [0, 0.05) is 26.2 Å². The fourth-order valence-electron chi connectivity index (χ4n) is 3.34. The van der Waals surface area contributed by atoms with Gasteiger partial charge in [-0.2, -0.15) is 0 Å². The van der Waals surface area contributed by atoms with E-state index < -0.39 is 0 Å². The van der Waals surface area contributed by atoms with Gasteiger partial charge in [0.1, 0.15) is 12.9 Å². The highest BCUT2D eigenvalue weighted by molar-refractivity contribution is 7.12. The molecule has 1 aromatic heterocycles. The molecule has 3 rings (SSSR count). The fourth-order valence-corrected chi connectivity index (χ4v) is 4.08. The second-order valence-corrected chi connectivity index (χ2v) is 7.25. The lowest BCUT2D eigenvalue weighted by molar-refractivity contribution is 0.212. The summed E-state index contributed by atoms with van der Waals surface area (Å²) >= 11 is 1.72. The number of rotatable bonds is 8. The van der Waals surface area contributed by atoms with E-state index in [0.717, 1.165) is 57.0 Å². The highest BCUT2D eigenvalue weighted by Gasteiger charge is 2.19. The van der Waals surface area contributed by atoms with Gasteiger partial charge in [-0.3, -0.25) is 4.90 Å². The zero-order valence-corrected chi connectivity index (χ0v) is 16.4. The average Bonchev–Trinajstić information content (AvgIpc) is 3.22. The Morgan fingerprint density at radius 3 is 2.58 bits per heavy atom. The fraction of sp³-hybridized carbons (Fsp3) is 0.450. The maximum absolute atomic E-state index is 5.50. The number of para-hydroxylation sites is 2. The topological polar surface area (TPSA) is 37.3 Å². The molecule has 0 unspecified atom stereocenters. The lowest BCUT2D eigenvalue weighted by atomic mass is 10.1. The molecule has 0 bridgehead atoms. The van der Waals surface area contributed by atoms with Gasteiger partial charge < -0.3 is 14.5 Å². The Hall–Kier alpha value is -2.05. The summed E-state index contributed by atoms with van der Waals surface area (Å²) in [5.74, 6) is 0.956. The van der Waals surface area contributed by atoms with Crippen molar-refractivity contribution in [3.05, 3.63) is 46.7 Å². The van der Waals surface area contributed by atoms with Gasteiger partial charge in [0.2, 0.25) is 0 Å². The molecule has 1 saturated heterocycles. The summed E-state index contributed by atoms with van der Waals surface area (Å²) in [6.07, 6.45) is 2.04. The number of thiophene rings is 1. The van der Waals surface area contributed by atoms with Crippen molar-refractivity contribution >= 4 is 22.7 Å². The van der Waals surface area contributed by atoms with Crippen LogP contribution < -0.4 is 9.64 Å². The summed E-state index contributed by atoms with van der Waals surface area (Å²) in [6, 6.07) is 12.4. The minimum Gasteiger partial charge on any atom is -0.495 e. The van der Waals surface area contributed by atoms with Crippen LogP contribution in [0.5, 0.6) is 5.75 Å². The van der Waals surface area contributed by atoms with E-state index in [4.69, 9.17) is 9.57 Å². The van der Waals surface area contributed by atoms with Gasteiger partial charge in [0.25, 0.3) is 0 Å². The number of piperazine rings is 1. The molecule has 6 heteroatoms. The zero-order chi connectivity index (χ0) is 18.2. The van der Waals surface area contributed by atoms with Crippen molar-refractivity contribution in [3.8, 4) is 5.75 Å². The molecule has 1 aliphatic heterocycles. The molecule has 1 aromatic carbocycles. The van der Waals surface area contributed by atoms with Crippen molar-refractivity contribution < 1.29 is 9.57 Å². The van der Waals surface area contributed by atoms with Gasteiger partial charge in [-0.05, 0) is 43.0 Å². The lowest BCUT2D eigenvalue weighted by Crippen LogP contribution is -2.46. The Morgan fingerprint density at radius 2 is 1.88 bits per heavy atom. The van der Waals surface area contributed by atoms with Gasteiger partial charge in [0.05, 0.1) is 23.4 Å². The number of oxime groups is 1. The normalized spacial score (nSPS) is 15.9. The van der Waals surface area contributed by atoms with Crippen LogP contribution in [0.25, 0.3) is 0 Å². The molecule has 0 amide bonds. The average molecular weight is 374 g/mol. The SMILES string of the molecule is CON=C(CCCN1CCN(c2ccccc2OC)CC1)c1cccs1. The van der Waals surface area contributed by atoms with Crippen molar-refractivity contribution in [1.29, 1.82) is 0 Å². The van der Waals surface area contributed by atoms with Crippen LogP contribution in [-0.4, -0.2) is 57.6 Å². The zero-order valence-electron chi connectivity index (χ0n) is 15.6. The minimum atomic E-state index is 0.946. The highest BCUT2D eigenvalue weighted by Crippen LogP contribution is 2.28. The summed E-state index contributed by atoms with van der Waals surface area (Å²) < 4.78 is 5.50. The third-order valence-electron chi connectivity index (χ3n) is 4.69. The van der Waals surface area contributed by atoms with Crippen LogP contribution in [0.3, 0.4) is 0 Å². The van der Waals surface area contributed by atoms with E-state index in [-0.39, 0.29) is 0 Å². The second-order valence-electron chi connectivity index (χ2n) is 6.30. The predicted molar refractivity (Wildman–Crippen MR) is 109 cm³/mol. The first-order valence-electron chi connectivity index (χ1n) is 9.06. The number of benzene rings is 1. The van der Waals surface area contributed by atoms with E-state index in [2.05, 4.69) is 44.6 Å². The maximum Gasteiger partial charge on any atom is 0.142 e. The van der Waals surface area contributed by atoms with E-state index in [1.807, 2.05) is 12.1 Å². The standard InChI is InChI=1S/C20H27N3O2S/c1-24-19-9-4-3-8-18(19)23-14-12-22(13-15-23)11-5-7-17(21-25-2)20-10-6-16-26-20/h3-4,6,8-10,16H,5,7,11-15H2,1-2H3. The van der Waals surface area contributed by atoms with Gasteiger partial charge in [-0.25, -0.2) is 0 Å². The quantitative estimate of drug-likeness (QED) is 0.522. The lowest BCUT2D eigenvalue weighted by Gasteiger charge is -2.36. The first-order valence-corrected chi connectivity index (χ1v) is 9.94. The minimum absolute atomic E-state index is 0.946. The molecule has 0 N–H and O–H groups in total. The molecule has 1 aliphatic rings. The van der Waals surface area contributed by atoms with Crippen LogP contribution in [0.2, 0.25) is 0 Å². The number of methoxy groups -OCH3 is 1. The summed E-state index contributed by atoms with van der Waals surface area (Å²) in [4.78, 5) is 11.2. The van der Waals surface area contributed by atoms with Crippen LogP contribution >= 0.6 is 11.3 Å². The van der Waals surface area contributed by atoms with Crippen molar-refractivity contribution in [1.82, 2.24) is 4.90 Å². The van der Waals surface area contributed by atoms with Gasteiger partial charge in [0.15, 0.2) is 0 Å². The molecule has 0 saturated carbocycles. The van der Waals surface area contributed by atoms with E-state index in [1.165, 1.54) is 10.6 Å². The van der Waals surface area contributed by atoms with Gasteiger partial charge in [-0.15, -0.1) is 11.3 Å². The van der Waals surface area contributed by atoms with E-state index >= 15 is 0 Å². The Balaban J connectivity index is 1.46. The summed E-state index contributed by atoms with van der Waals surface area (Å²) in [5, 5.41) is 6.29. The Bertz CT molecular complexity index is 695. The van der Waals surface area contributed by atoms with Crippen LogP contribution in [0.1, 0.15) is 17.7 Å². The van der Waals surface area contributed by atoms with Gasteiger partial charge in [-0.1, -0.05) is 23.4 Å². The number of anilines is 1. The summed E-state index contributed by atoms with van der Waals surface area (Å²) in [6.45, 7) is 5.31. The predicted octanol–water partition coefficient (Wildman–Crippen LogP) is 3.71. The van der Waals surface area contributed by atoms with Crippen molar-refractivity contribution in [2.75, 3.05) is 51.8 Å². The largest absolute Gasteiger partial charge is 0.495 e. The van der Waals surface area contributed by atoms with Crippen LogP contribution in [0.4, 0.5) is 5.69 Å². The van der Waals surface area contributed by atoms with E-state index in [9.17, 15) is 0 Å². The monoisotopic (exact) mass is 373 g/mol. The molecular formula is C20H27N3O2S. The second kappa shape index (κ2) is 9.59. The van der Waals surface area contributed by atoms with Gasteiger partial charge >= 0.3 is 0 Å². The number of ether oxygens (including phenoxy) is 1. The molecule has 140 valence electrons. The summed E-state index contributed by atoms with van der Waals surface area (Å²) in [7, 11) is 3.35. The molecule has 1 fully saturated rings. The Kier molecular flexibility index (Phi) is 6.91. The molecular weight excluding hydrogens is 346 g/mol. The molecule has 26 heavy (non-hydrogen) atoms. The van der Waals surface area contributed by atoms with Crippen molar-refractivity contribution in [3.63, 3.8) is 0 Å². The number of hydrogen-bond donors (Lipinski definition) is 0. The first kappa shape index (κ1) is 18.7. The maximum atomic E-state index is 5.50. The van der Waals surface area contributed by atoms with Crippen molar-refractivity contribution in [2.45, 2.75) is 12.8 Å². The third-order valence-corrected chi connectivity index (χ3v) is 5.61. The molecule has 2 aromatic rings.